The van der Waals surface area contributed by atoms with Gasteiger partial charge in [0.15, 0.2) is 5.65 Å². The maximum atomic E-state index is 10.6. The summed E-state index contributed by atoms with van der Waals surface area (Å²) in [5.74, 6) is 0. The Labute approximate surface area is 102 Å². The van der Waals surface area contributed by atoms with Gasteiger partial charge in [0.1, 0.15) is 0 Å². The van der Waals surface area contributed by atoms with Crippen molar-refractivity contribution in [2.45, 2.75) is 0 Å². The number of fused-ring (bicyclic) bond motifs is 1. The Morgan fingerprint density at radius 1 is 1.06 bits per heavy atom. The van der Waals surface area contributed by atoms with Crippen molar-refractivity contribution in [2.75, 3.05) is 0 Å². The number of nitro groups is 1. The molecule has 0 saturated heterocycles. The molecule has 0 radical (unpaired) electrons. The molecule has 6 heteroatoms. The van der Waals surface area contributed by atoms with E-state index < -0.39 is 4.92 Å². The molecule has 6 nitrogen and oxygen atoms in total. The highest BCUT2D eigenvalue weighted by Gasteiger charge is 2.08. The van der Waals surface area contributed by atoms with Crippen molar-refractivity contribution in [1.29, 1.82) is 0 Å². The lowest BCUT2D eigenvalue weighted by molar-refractivity contribution is -0.384. The minimum Gasteiger partial charge on any atom is -0.258 e. The normalized spacial score (nSPS) is 10.7. The Morgan fingerprint density at radius 2 is 1.83 bits per heavy atom. The molecule has 2 heterocycles. The van der Waals surface area contributed by atoms with Crippen LogP contribution in [0.15, 0.2) is 48.8 Å². The van der Waals surface area contributed by atoms with Crippen molar-refractivity contribution in [3.63, 3.8) is 0 Å². The third-order valence-electron chi connectivity index (χ3n) is 2.66. The minimum atomic E-state index is -0.417. The maximum Gasteiger partial charge on any atom is 0.269 e. The highest BCUT2D eigenvalue weighted by Crippen LogP contribution is 2.22. The van der Waals surface area contributed by atoms with Gasteiger partial charge in [0.2, 0.25) is 0 Å². The SMILES string of the molecule is O=[N+]([O-])c1ccc(-c2ccnc3ccnn23)cc1. The van der Waals surface area contributed by atoms with Crippen LogP contribution in [-0.4, -0.2) is 19.5 Å². The molecule has 0 amide bonds. The number of non-ortho nitro benzene ring substituents is 1. The molecule has 0 N–H and O–H groups in total. The second-order valence-corrected chi connectivity index (χ2v) is 3.74. The lowest BCUT2D eigenvalue weighted by Gasteiger charge is -2.03. The van der Waals surface area contributed by atoms with Crippen molar-refractivity contribution in [1.82, 2.24) is 14.6 Å². The molecule has 18 heavy (non-hydrogen) atoms. The minimum absolute atomic E-state index is 0.0736. The molecular formula is C12H8N4O2. The van der Waals surface area contributed by atoms with Gasteiger partial charge in [-0.05, 0) is 18.2 Å². The van der Waals surface area contributed by atoms with Gasteiger partial charge in [0.25, 0.3) is 5.69 Å². The first-order valence-electron chi connectivity index (χ1n) is 5.29. The molecular weight excluding hydrogens is 232 g/mol. The number of rotatable bonds is 2. The molecule has 0 aliphatic heterocycles. The number of nitrogens with zero attached hydrogens (tertiary/aromatic N) is 4. The first kappa shape index (κ1) is 10.4. The Bertz CT molecular complexity index is 718. The Hall–Kier alpha value is -2.76. The predicted molar refractivity (Wildman–Crippen MR) is 65.1 cm³/mol. The number of hydrogen-bond donors (Lipinski definition) is 0. The Balaban J connectivity index is 2.14. The van der Waals surface area contributed by atoms with Crippen molar-refractivity contribution < 1.29 is 4.92 Å². The fraction of sp³-hybridized carbons (Fsp3) is 0. The Morgan fingerprint density at radius 3 is 2.56 bits per heavy atom. The molecule has 0 spiro atoms. The van der Waals surface area contributed by atoms with E-state index in [1.165, 1.54) is 12.1 Å². The molecule has 1 aromatic carbocycles. The highest BCUT2D eigenvalue weighted by atomic mass is 16.6. The maximum absolute atomic E-state index is 10.6. The average Bonchev–Trinajstić information content (AvgIpc) is 2.87. The van der Waals surface area contributed by atoms with Gasteiger partial charge in [-0.25, -0.2) is 9.50 Å². The van der Waals surface area contributed by atoms with Crippen LogP contribution in [0, 0.1) is 10.1 Å². The fourth-order valence-corrected chi connectivity index (χ4v) is 1.81. The van der Waals surface area contributed by atoms with E-state index in [9.17, 15) is 10.1 Å². The summed E-state index contributed by atoms with van der Waals surface area (Å²) in [5, 5.41) is 14.8. The van der Waals surface area contributed by atoms with E-state index >= 15 is 0 Å². The third-order valence-corrected chi connectivity index (χ3v) is 2.66. The van der Waals surface area contributed by atoms with Crippen LogP contribution in [0.4, 0.5) is 5.69 Å². The van der Waals surface area contributed by atoms with Gasteiger partial charge in [0, 0.05) is 30.0 Å². The van der Waals surface area contributed by atoms with Gasteiger partial charge in [-0.15, -0.1) is 0 Å². The zero-order chi connectivity index (χ0) is 12.5. The molecule has 0 aliphatic rings. The summed E-state index contributed by atoms with van der Waals surface area (Å²) in [4.78, 5) is 14.3. The fourth-order valence-electron chi connectivity index (χ4n) is 1.81. The van der Waals surface area contributed by atoms with Crippen molar-refractivity contribution in [2.24, 2.45) is 0 Å². The molecule has 0 fully saturated rings. The van der Waals surface area contributed by atoms with E-state index in [1.54, 1.807) is 35.1 Å². The molecule has 3 aromatic rings. The van der Waals surface area contributed by atoms with E-state index in [0.717, 1.165) is 16.9 Å². The number of nitro benzene ring substituents is 1. The van der Waals surface area contributed by atoms with Gasteiger partial charge < -0.3 is 0 Å². The van der Waals surface area contributed by atoms with E-state index in [0.29, 0.717) is 0 Å². The summed E-state index contributed by atoms with van der Waals surface area (Å²) >= 11 is 0. The number of hydrogen-bond acceptors (Lipinski definition) is 4. The van der Waals surface area contributed by atoms with Crippen LogP contribution in [0.5, 0.6) is 0 Å². The molecule has 0 bridgehead atoms. The first-order chi connectivity index (χ1) is 8.75. The summed E-state index contributed by atoms with van der Waals surface area (Å²) in [5.41, 5.74) is 2.52. The van der Waals surface area contributed by atoms with Gasteiger partial charge in [0.05, 0.1) is 16.8 Å². The molecule has 0 aliphatic carbocycles. The second kappa shape index (κ2) is 3.92. The summed E-state index contributed by atoms with van der Waals surface area (Å²) in [7, 11) is 0. The van der Waals surface area contributed by atoms with Crippen LogP contribution in [0.25, 0.3) is 16.9 Å². The van der Waals surface area contributed by atoms with Crippen molar-refractivity contribution >= 4 is 11.3 Å². The first-order valence-corrected chi connectivity index (χ1v) is 5.29. The monoisotopic (exact) mass is 240 g/mol. The lowest BCUT2D eigenvalue weighted by atomic mass is 10.1. The predicted octanol–water partition coefficient (Wildman–Crippen LogP) is 2.30. The summed E-state index contributed by atoms with van der Waals surface area (Å²) < 4.78 is 1.70. The summed E-state index contributed by atoms with van der Waals surface area (Å²) in [6.45, 7) is 0. The van der Waals surface area contributed by atoms with Crippen molar-refractivity contribution in [3.8, 4) is 11.3 Å². The lowest BCUT2D eigenvalue weighted by Crippen LogP contribution is -1.95. The van der Waals surface area contributed by atoms with Gasteiger partial charge in [-0.3, -0.25) is 10.1 Å². The summed E-state index contributed by atoms with van der Waals surface area (Å²) in [6, 6.07) is 9.98. The van der Waals surface area contributed by atoms with Gasteiger partial charge >= 0.3 is 0 Å². The van der Waals surface area contributed by atoms with E-state index in [1.807, 2.05) is 6.07 Å². The molecule has 0 unspecified atom stereocenters. The van der Waals surface area contributed by atoms with Gasteiger partial charge in [-0.2, -0.15) is 5.10 Å². The molecule has 0 saturated carbocycles. The molecule has 2 aromatic heterocycles. The zero-order valence-corrected chi connectivity index (χ0v) is 9.22. The number of benzene rings is 1. The van der Waals surface area contributed by atoms with Crippen molar-refractivity contribution in [3.05, 3.63) is 58.9 Å². The Kier molecular flexibility index (Phi) is 2.26. The van der Waals surface area contributed by atoms with Crippen LogP contribution in [-0.2, 0) is 0 Å². The van der Waals surface area contributed by atoms with Crippen LogP contribution in [0.3, 0.4) is 0 Å². The van der Waals surface area contributed by atoms with Crippen LogP contribution in [0.2, 0.25) is 0 Å². The van der Waals surface area contributed by atoms with Crippen LogP contribution < -0.4 is 0 Å². The van der Waals surface area contributed by atoms with Crippen LogP contribution in [0.1, 0.15) is 0 Å². The van der Waals surface area contributed by atoms with E-state index in [2.05, 4.69) is 10.1 Å². The largest absolute Gasteiger partial charge is 0.269 e. The third kappa shape index (κ3) is 1.60. The molecule has 0 atom stereocenters. The zero-order valence-electron chi connectivity index (χ0n) is 9.22. The highest BCUT2D eigenvalue weighted by molar-refractivity contribution is 5.63. The quantitative estimate of drug-likeness (QED) is 0.509. The second-order valence-electron chi connectivity index (χ2n) is 3.74. The number of aromatic nitrogens is 3. The molecule has 3 rings (SSSR count). The standard InChI is InChI=1S/C12H8N4O2/c17-16(18)10-3-1-9(2-4-10)11-5-7-13-12-6-8-14-15(11)12/h1-8H. The topological polar surface area (TPSA) is 73.3 Å². The van der Waals surface area contributed by atoms with Gasteiger partial charge in [-0.1, -0.05) is 0 Å². The molecule has 88 valence electrons. The average molecular weight is 240 g/mol. The smallest absolute Gasteiger partial charge is 0.258 e. The van der Waals surface area contributed by atoms with E-state index in [-0.39, 0.29) is 5.69 Å². The van der Waals surface area contributed by atoms with E-state index in [4.69, 9.17) is 0 Å². The van der Waals surface area contributed by atoms with Crippen LogP contribution >= 0.6 is 0 Å². The summed E-state index contributed by atoms with van der Waals surface area (Å²) in [6.07, 6.45) is 3.35.